The molecule has 0 unspecified atom stereocenters. The molecule has 0 amide bonds. The number of nitrogens with two attached hydrogens (primary N) is 1. The van der Waals surface area contributed by atoms with Gasteiger partial charge in [-0.3, -0.25) is 0 Å². The third-order valence-corrected chi connectivity index (χ3v) is 5.30. The maximum absolute atomic E-state index is 5.95. The Morgan fingerprint density at radius 1 is 1.07 bits per heavy atom. The molecule has 0 aromatic carbocycles. The molecule has 82 valence electrons. The largest absolute Gasteiger partial charge is 0.456 e. The number of rotatable bonds is 0. The van der Waals surface area contributed by atoms with Crippen molar-refractivity contribution in [3.8, 4) is 0 Å². The number of hydrogen-bond acceptors (Lipinski definition) is 3. The van der Waals surface area contributed by atoms with Gasteiger partial charge in [0.05, 0.1) is 6.54 Å². The molecular formula is C12H18N2O. The maximum Gasteiger partial charge on any atom is 0.282 e. The van der Waals surface area contributed by atoms with Crippen molar-refractivity contribution in [2.24, 2.45) is 34.4 Å². The maximum atomic E-state index is 5.95. The summed E-state index contributed by atoms with van der Waals surface area (Å²) in [5.41, 5.74) is 5.76. The first-order valence-corrected chi connectivity index (χ1v) is 6.25. The van der Waals surface area contributed by atoms with Crippen LogP contribution >= 0.6 is 0 Å². The molecule has 4 bridgehead atoms. The van der Waals surface area contributed by atoms with E-state index in [1.54, 1.807) is 0 Å². The number of hydrogen-bond donors (Lipinski definition) is 1. The summed E-state index contributed by atoms with van der Waals surface area (Å²) in [4.78, 5) is 4.31. The van der Waals surface area contributed by atoms with Gasteiger partial charge in [0.25, 0.3) is 6.02 Å². The van der Waals surface area contributed by atoms with Crippen LogP contribution in [0.4, 0.5) is 0 Å². The van der Waals surface area contributed by atoms with Gasteiger partial charge < -0.3 is 10.5 Å². The molecule has 3 heteroatoms. The first-order valence-electron chi connectivity index (χ1n) is 6.25. The summed E-state index contributed by atoms with van der Waals surface area (Å²) in [6, 6.07) is 0.447. The molecule has 1 aliphatic heterocycles. The van der Waals surface area contributed by atoms with Crippen molar-refractivity contribution in [2.75, 3.05) is 6.54 Å². The van der Waals surface area contributed by atoms with E-state index in [2.05, 4.69) is 4.99 Å². The van der Waals surface area contributed by atoms with Crippen LogP contribution in [0.1, 0.15) is 32.1 Å². The summed E-state index contributed by atoms with van der Waals surface area (Å²) in [5, 5.41) is 0. The zero-order chi connectivity index (χ0) is 10.0. The summed E-state index contributed by atoms with van der Waals surface area (Å²) in [5.74, 6) is 3.48. The Morgan fingerprint density at radius 2 is 1.67 bits per heavy atom. The monoisotopic (exact) mass is 206 g/mol. The zero-order valence-electron chi connectivity index (χ0n) is 8.98. The van der Waals surface area contributed by atoms with Gasteiger partial charge in [0.2, 0.25) is 0 Å². The average molecular weight is 206 g/mol. The van der Waals surface area contributed by atoms with E-state index in [1.807, 2.05) is 0 Å². The minimum Gasteiger partial charge on any atom is -0.456 e. The lowest BCUT2D eigenvalue weighted by Crippen LogP contribution is -2.59. The van der Waals surface area contributed by atoms with Crippen LogP contribution < -0.4 is 5.73 Å². The smallest absolute Gasteiger partial charge is 0.282 e. The average Bonchev–Trinajstić information content (AvgIpc) is 2.57. The fraction of sp³-hybridized carbons (Fsp3) is 0.917. The van der Waals surface area contributed by atoms with Crippen molar-refractivity contribution in [3.63, 3.8) is 0 Å². The van der Waals surface area contributed by atoms with E-state index in [1.165, 1.54) is 32.1 Å². The normalized spacial score (nSPS) is 55.9. The Kier molecular flexibility index (Phi) is 1.40. The standard InChI is InChI=1S/C12H18N2O/c13-11-14-6-12(15-11)9-2-7-1-8(4-9)5-10(12)3-7/h7-10H,1-6H2,(H2,13,14). The van der Waals surface area contributed by atoms with E-state index in [0.29, 0.717) is 6.02 Å². The quantitative estimate of drug-likeness (QED) is 0.653. The second-order valence-corrected chi connectivity index (χ2v) is 6.02. The lowest BCUT2D eigenvalue weighted by atomic mass is 9.50. The van der Waals surface area contributed by atoms with Crippen LogP contribution in [-0.4, -0.2) is 18.2 Å². The minimum atomic E-state index is 0.0392. The third kappa shape index (κ3) is 0.943. The summed E-state index contributed by atoms with van der Waals surface area (Å²) in [7, 11) is 0. The Balaban J connectivity index is 1.71. The van der Waals surface area contributed by atoms with E-state index in [0.717, 1.165) is 30.2 Å². The zero-order valence-corrected chi connectivity index (χ0v) is 8.98. The molecule has 0 aromatic heterocycles. The van der Waals surface area contributed by atoms with Crippen molar-refractivity contribution in [3.05, 3.63) is 0 Å². The molecule has 5 aliphatic rings. The predicted molar refractivity (Wildman–Crippen MR) is 57.4 cm³/mol. The summed E-state index contributed by atoms with van der Waals surface area (Å²) >= 11 is 0. The minimum absolute atomic E-state index is 0.0392. The fourth-order valence-corrected chi connectivity index (χ4v) is 4.87. The van der Waals surface area contributed by atoms with Gasteiger partial charge >= 0.3 is 0 Å². The van der Waals surface area contributed by atoms with Gasteiger partial charge in [-0.2, -0.15) is 0 Å². The van der Waals surface area contributed by atoms with Crippen LogP contribution in [0.15, 0.2) is 4.99 Å². The van der Waals surface area contributed by atoms with Crippen LogP contribution in [0.25, 0.3) is 0 Å². The molecule has 1 heterocycles. The lowest BCUT2D eigenvalue weighted by molar-refractivity contribution is -0.148. The highest BCUT2D eigenvalue weighted by Gasteiger charge is 2.60. The molecule has 0 saturated heterocycles. The Hall–Kier alpha value is -0.730. The van der Waals surface area contributed by atoms with E-state index in [9.17, 15) is 0 Å². The molecule has 0 aromatic rings. The summed E-state index contributed by atoms with van der Waals surface area (Å²) < 4.78 is 5.95. The molecule has 3 nitrogen and oxygen atoms in total. The molecule has 0 radical (unpaired) electrons. The van der Waals surface area contributed by atoms with E-state index < -0.39 is 0 Å². The van der Waals surface area contributed by atoms with Gasteiger partial charge in [0.15, 0.2) is 0 Å². The first kappa shape index (κ1) is 8.43. The van der Waals surface area contributed by atoms with Crippen LogP contribution in [0.3, 0.4) is 0 Å². The SMILES string of the molecule is NC1=NCC2(O1)C1CC3CC(C1)CC2C3. The van der Waals surface area contributed by atoms with E-state index in [4.69, 9.17) is 10.5 Å². The lowest BCUT2D eigenvalue weighted by Gasteiger charge is -2.58. The molecule has 1 spiro atoms. The fourth-order valence-electron chi connectivity index (χ4n) is 4.87. The third-order valence-electron chi connectivity index (χ3n) is 5.30. The van der Waals surface area contributed by atoms with Crippen LogP contribution in [0.2, 0.25) is 0 Å². The summed E-state index contributed by atoms with van der Waals surface area (Å²) in [6.07, 6.45) is 6.97. The summed E-state index contributed by atoms with van der Waals surface area (Å²) in [6.45, 7) is 0.841. The highest BCUT2D eigenvalue weighted by atomic mass is 16.5. The van der Waals surface area contributed by atoms with Gasteiger partial charge in [0, 0.05) is 11.8 Å². The Morgan fingerprint density at radius 3 is 2.13 bits per heavy atom. The van der Waals surface area contributed by atoms with Crippen molar-refractivity contribution in [1.82, 2.24) is 0 Å². The highest BCUT2D eigenvalue weighted by Crippen LogP contribution is 2.60. The second-order valence-electron chi connectivity index (χ2n) is 6.02. The van der Waals surface area contributed by atoms with Gasteiger partial charge in [-0.25, -0.2) is 4.99 Å². The van der Waals surface area contributed by atoms with E-state index >= 15 is 0 Å². The van der Waals surface area contributed by atoms with E-state index in [-0.39, 0.29) is 5.60 Å². The molecule has 5 rings (SSSR count). The van der Waals surface area contributed by atoms with Gasteiger partial charge in [0.1, 0.15) is 5.60 Å². The molecule has 4 fully saturated rings. The highest BCUT2D eigenvalue weighted by molar-refractivity contribution is 5.73. The van der Waals surface area contributed by atoms with Gasteiger partial charge in [-0.15, -0.1) is 0 Å². The van der Waals surface area contributed by atoms with Crippen LogP contribution in [0.5, 0.6) is 0 Å². The topological polar surface area (TPSA) is 47.6 Å². The molecule has 4 aliphatic carbocycles. The Labute approximate surface area is 90.1 Å². The van der Waals surface area contributed by atoms with Crippen molar-refractivity contribution < 1.29 is 4.74 Å². The van der Waals surface area contributed by atoms with Gasteiger partial charge in [-0.1, -0.05) is 0 Å². The molecule has 4 saturated carbocycles. The molecular weight excluding hydrogens is 188 g/mol. The van der Waals surface area contributed by atoms with Crippen molar-refractivity contribution >= 4 is 6.02 Å². The van der Waals surface area contributed by atoms with Crippen molar-refractivity contribution in [2.45, 2.75) is 37.7 Å². The first-order chi connectivity index (χ1) is 7.26. The van der Waals surface area contributed by atoms with Crippen LogP contribution in [0, 0.1) is 23.7 Å². The van der Waals surface area contributed by atoms with Gasteiger partial charge in [-0.05, 0) is 43.9 Å². The number of aliphatic imine (C=N–C) groups is 1. The molecule has 15 heavy (non-hydrogen) atoms. The number of amidine groups is 1. The molecule has 0 atom stereocenters. The predicted octanol–water partition coefficient (Wildman–Crippen LogP) is 1.53. The molecule has 2 N–H and O–H groups in total. The Bertz CT molecular complexity index is 309. The second kappa shape index (κ2) is 2.50. The number of nitrogens with zero attached hydrogens (tertiary/aromatic N) is 1. The van der Waals surface area contributed by atoms with Crippen LogP contribution in [-0.2, 0) is 4.74 Å². The number of ether oxygens (including phenoxy) is 1. The van der Waals surface area contributed by atoms with Crippen molar-refractivity contribution in [1.29, 1.82) is 0 Å².